The molecule has 0 fully saturated rings. The number of benzene rings is 1. The van der Waals surface area contributed by atoms with Gasteiger partial charge in [0, 0.05) is 6.92 Å². The van der Waals surface area contributed by atoms with Crippen LogP contribution in [0.5, 0.6) is 5.75 Å². The molecule has 0 bridgehead atoms. The molecule has 1 aromatic rings. The zero-order chi connectivity index (χ0) is 13.8. The van der Waals surface area contributed by atoms with E-state index in [-0.39, 0.29) is 16.3 Å². The van der Waals surface area contributed by atoms with Crippen LogP contribution < -0.4 is 0 Å². The van der Waals surface area contributed by atoms with Crippen LogP contribution in [0.1, 0.15) is 38.8 Å². The predicted molar refractivity (Wildman–Crippen MR) is 76.8 cm³/mol. The molecule has 96 valence electrons. The lowest BCUT2D eigenvalue weighted by Gasteiger charge is -2.19. The number of hydrogen-bond acceptors (Lipinski definition) is 3. The topological polar surface area (TPSA) is 37.3 Å². The summed E-state index contributed by atoms with van der Waals surface area (Å²) < 4.78 is 0. The summed E-state index contributed by atoms with van der Waals surface area (Å²) in [5.74, 6) is 6.43. The van der Waals surface area contributed by atoms with Crippen LogP contribution in [-0.4, -0.2) is 16.0 Å². The first-order valence-electron chi connectivity index (χ1n) is 5.76. The number of carbonyl (C=O) groups is 1. The molecular formula is C15H18O2S. The third-order valence-corrected chi connectivity index (χ3v) is 3.13. The number of rotatable bonds is 1. The summed E-state index contributed by atoms with van der Waals surface area (Å²) in [7, 11) is 0. The normalized spacial score (nSPS) is 10.7. The van der Waals surface area contributed by atoms with E-state index in [4.69, 9.17) is 0 Å². The molecule has 0 spiro atoms. The fourth-order valence-corrected chi connectivity index (χ4v) is 1.72. The van der Waals surface area contributed by atoms with Crippen LogP contribution in [0.25, 0.3) is 0 Å². The van der Waals surface area contributed by atoms with Crippen LogP contribution in [-0.2, 0) is 10.2 Å². The second-order valence-electron chi connectivity index (χ2n) is 5.06. The van der Waals surface area contributed by atoms with Gasteiger partial charge in [-0.15, -0.1) is 0 Å². The van der Waals surface area contributed by atoms with Crippen molar-refractivity contribution in [3.63, 3.8) is 0 Å². The number of thioether (sulfide) groups is 1. The number of carbonyl (C=O) groups excluding carboxylic acids is 1. The van der Waals surface area contributed by atoms with Crippen molar-refractivity contribution >= 4 is 16.9 Å². The van der Waals surface area contributed by atoms with Gasteiger partial charge in [-0.3, -0.25) is 4.79 Å². The maximum atomic E-state index is 10.8. The predicted octanol–water partition coefficient (Wildman–Crippen LogP) is 3.32. The van der Waals surface area contributed by atoms with E-state index in [9.17, 15) is 9.90 Å². The second-order valence-corrected chi connectivity index (χ2v) is 6.22. The SMILES string of the molecule is CC(=O)SCC#Cc1cc(C(C)(C)C)ccc1O. The van der Waals surface area contributed by atoms with Gasteiger partial charge in [-0.2, -0.15) is 0 Å². The summed E-state index contributed by atoms with van der Waals surface area (Å²) in [5, 5.41) is 9.79. The summed E-state index contributed by atoms with van der Waals surface area (Å²) in [6.07, 6.45) is 0. The summed E-state index contributed by atoms with van der Waals surface area (Å²) in [6, 6.07) is 5.48. The van der Waals surface area contributed by atoms with E-state index in [2.05, 4.69) is 32.6 Å². The van der Waals surface area contributed by atoms with Crippen molar-refractivity contribution in [1.29, 1.82) is 0 Å². The van der Waals surface area contributed by atoms with Crippen LogP contribution >= 0.6 is 11.8 Å². The average molecular weight is 262 g/mol. The Labute approximate surface area is 113 Å². The molecule has 0 aliphatic heterocycles. The molecule has 0 radical (unpaired) electrons. The van der Waals surface area contributed by atoms with Gasteiger partial charge in [0.1, 0.15) is 5.75 Å². The highest BCUT2D eigenvalue weighted by Gasteiger charge is 2.14. The van der Waals surface area contributed by atoms with Crippen molar-refractivity contribution in [3.05, 3.63) is 29.3 Å². The van der Waals surface area contributed by atoms with Gasteiger partial charge in [0.2, 0.25) is 0 Å². The third kappa shape index (κ3) is 4.46. The lowest BCUT2D eigenvalue weighted by atomic mass is 9.86. The fourth-order valence-electron chi connectivity index (χ4n) is 1.37. The smallest absolute Gasteiger partial charge is 0.186 e. The van der Waals surface area contributed by atoms with Crippen LogP contribution in [0.2, 0.25) is 0 Å². The van der Waals surface area contributed by atoms with Crippen LogP contribution in [0, 0.1) is 11.8 Å². The first-order chi connectivity index (χ1) is 8.30. The molecule has 3 heteroatoms. The Morgan fingerprint density at radius 2 is 2.06 bits per heavy atom. The number of phenolic OH excluding ortho intramolecular Hbond substituents is 1. The highest BCUT2D eigenvalue weighted by Crippen LogP contribution is 2.26. The van der Waals surface area contributed by atoms with Gasteiger partial charge in [0.05, 0.1) is 11.3 Å². The van der Waals surface area contributed by atoms with E-state index in [1.54, 1.807) is 6.07 Å². The Morgan fingerprint density at radius 1 is 1.39 bits per heavy atom. The Bertz CT molecular complexity index is 501. The van der Waals surface area contributed by atoms with Gasteiger partial charge in [-0.25, -0.2) is 0 Å². The number of hydrogen-bond donors (Lipinski definition) is 1. The molecule has 0 atom stereocenters. The second kappa shape index (κ2) is 5.97. The van der Waals surface area contributed by atoms with Gasteiger partial charge in [0.25, 0.3) is 0 Å². The maximum Gasteiger partial charge on any atom is 0.186 e. The fraction of sp³-hybridized carbons (Fsp3) is 0.400. The van der Waals surface area contributed by atoms with Crippen LogP contribution in [0.4, 0.5) is 0 Å². The molecule has 0 unspecified atom stereocenters. The first-order valence-corrected chi connectivity index (χ1v) is 6.75. The highest BCUT2D eigenvalue weighted by molar-refractivity contribution is 8.13. The molecule has 0 aliphatic rings. The van der Waals surface area contributed by atoms with E-state index in [0.717, 1.165) is 5.56 Å². The van der Waals surface area contributed by atoms with E-state index < -0.39 is 0 Å². The minimum Gasteiger partial charge on any atom is -0.507 e. The molecule has 18 heavy (non-hydrogen) atoms. The van der Waals surface area contributed by atoms with Gasteiger partial charge in [0.15, 0.2) is 5.12 Å². The Hall–Kier alpha value is -1.40. The van der Waals surface area contributed by atoms with Crippen LogP contribution in [0.3, 0.4) is 0 Å². The van der Waals surface area contributed by atoms with E-state index >= 15 is 0 Å². The average Bonchev–Trinajstić information content (AvgIpc) is 2.24. The van der Waals surface area contributed by atoms with Crippen molar-refractivity contribution in [2.45, 2.75) is 33.1 Å². The lowest BCUT2D eigenvalue weighted by molar-refractivity contribution is -0.109. The summed E-state index contributed by atoms with van der Waals surface area (Å²) >= 11 is 1.17. The zero-order valence-electron chi connectivity index (χ0n) is 11.2. The molecule has 0 saturated carbocycles. The first kappa shape index (κ1) is 14.7. The van der Waals surface area contributed by atoms with Crippen molar-refractivity contribution < 1.29 is 9.90 Å². The lowest BCUT2D eigenvalue weighted by Crippen LogP contribution is -2.10. The molecule has 0 saturated heterocycles. The van der Waals surface area contributed by atoms with Gasteiger partial charge in [-0.05, 0) is 23.1 Å². The van der Waals surface area contributed by atoms with Crippen molar-refractivity contribution in [2.75, 3.05) is 5.75 Å². The van der Waals surface area contributed by atoms with E-state index in [1.807, 2.05) is 12.1 Å². The third-order valence-electron chi connectivity index (χ3n) is 2.43. The maximum absolute atomic E-state index is 10.8. The Balaban J connectivity index is 2.91. The van der Waals surface area contributed by atoms with Crippen molar-refractivity contribution in [2.24, 2.45) is 0 Å². The minimum absolute atomic E-state index is 0.0261. The van der Waals surface area contributed by atoms with Crippen molar-refractivity contribution in [1.82, 2.24) is 0 Å². The van der Waals surface area contributed by atoms with Gasteiger partial charge >= 0.3 is 0 Å². The molecule has 0 aromatic heterocycles. The Kier molecular flexibility index (Phi) is 4.86. The van der Waals surface area contributed by atoms with Gasteiger partial charge in [-0.1, -0.05) is 50.4 Å². The largest absolute Gasteiger partial charge is 0.507 e. The van der Waals surface area contributed by atoms with Crippen molar-refractivity contribution in [3.8, 4) is 17.6 Å². The van der Waals surface area contributed by atoms with E-state index in [0.29, 0.717) is 11.3 Å². The molecule has 0 amide bonds. The summed E-state index contributed by atoms with van der Waals surface area (Å²) in [4.78, 5) is 10.8. The number of phenols is 1. The molecular weight excluding hydrogens is 244 g/mol. The molecule has 0 heterocycles. The standard InChI is InChI=1S/C15H18O2S/c1-11(16)18-9-5-6-12-10-13(15(2,3)4)7-8-14(12)17/h7-8,10,17H,9H2,1-4H3. The molecule has 1 N–H and O–H groups in total. The Morgan fingerprint density at radius 3 is 2.61 bits per heavy atom. The molecule has 1 rings (SSSR count). The monoisotopic (exact) mass is 262 g/mol. The zero-order valence-corrected chi connectivity index (χ0v) is 12.0. The quantitative estimate of drug-likeness (QED) is 0.789. The van der Waals surface area contributed by atoms with Gasteiger partial charge < -0.3 is 5.11 Å². The minimum atomic E-state index is 0.0261. The summed E-state index contributed by atoms with van der Waals surface area (Å²) in [6.45, 7) is 7.86. The molecule has 0 aliphatic carbocycles. The summed E-state index contributed by atoms with van der Waals surface area (Å²) in [5.41, 5.74) is 1.77. The highest BCUT2D eigenvalue weighted by atomic mass is 32.2. The molecule has 2 nitrogen and oxygen atoms in total. The van der Waals surface area contributed by atoms with E-state index in [1.165, 1.54) is 18.7 Å². The number of aromatic hydroxyl groups is 1. The van der Waals surface area contributed by atoms with Crippen LogP contribution in [0.15, 0.2) is 18.2 Å². The molecule has 1 aromatic carbocycles.